The standard InChI is InChI=1S/C17H18FN7O/c1-19-12-4-5-24(10-12)17-20-8-15(22-23-17)14-3-2-13(6-16(14)26)25-9-11(18)7-21-25/h2-3,6-9,12,19,26H,4-5,10H2,1H3. The summed E-state index contributed by atoms with van der Waals surface area (Å²) in [6.07, 6.45) is 4.98. The highest BCUT2D eigenvalue weighted by molar-refractivity contribution is 5.68. The van der Waals surface area contributed by atoms with Gasteiger partial charge >= 0.3 is 0 Å². The summed E-state index contributed by atoms with van der Waals surface area (Å²) in [7, 11) is 1.94. The average molecular weight is 355 g/mol. The van der Waals surface area contributed by atoms with Crippen molar-refractivity contribution in [3.8, 4) is 22.7 Å². The summed E-state index contributed by atoms with van der Waals surface area (Å²) in [5.74, 6) is 0.134. The topological polar surface area (TPSA) is 92.0 Å². The van der Waals surface area contributed by atoms with E-state index in [-0.39, 0.29) is 5.75 Å². The maximum Gasteiger partial charge on any atom is 0.245 e. The van der Waals surface area contributed by atoms with Crippen LogP contribution >= 0.6 is 0 Å². The zero-order valence-electron chi connectivity index (χ0n) is 14.2. The maximum absolute atomic E-state index is 13.1. The van der Waals surface area contributed by atoms with Gasteiger partial charge in [0.2, 0.25) is 5.95 Å². The highest BCUT2D eigenvalue weighted by atomic mass is 19.1. The number of hydrogen-bond donors (Lipinski definition) is 2. The molecular formula is C17H18FN7O. The van der Waals surface area contributed by atoms with Gasteiger partial charge in [0.15, 0.2) is 5.82 Å². The highest BCUT2D eigenvalue weighted by Crippen LogP contribution is 2.29. The Morgan fingerprint density at radius 1 is 1.27 bits per heavy atom. The third-order valence-electron chi connectivity index (χ3n) is 4.50. The van der Waals surface area contributed by atoms with Gasteiger partial charge in [0.1, 0.15) is 11.4 Å². The van der Waals surface area contributed by atoms with E-state index in [9.17, 15) is 9.50 Å². The number of nitrogens with one attached hydrogen (secondary N) is 1. The van der Waals surface area contributed by atoms with Gasteiger partial charge in [0, 0.05) is 30.8 Å². The maximum atomic E-state index is 13.1. The number of halogens is 1. The smallest absolute Gasteiger partial charge is 0.245 e. The van der Waals surface area contributed by atoms with E-state index in [4.69, 9.17) is 0 Å². The van der Waals surface area contributed by atoms with Crippen LogP contribution < -0.4 is 10.2 Å². The van der Waals surface area contributed by atoms with E-state index in [1.807, 2.05) is 7.05 Å². The Bertz CT molecular complexity index is 912. The second-order valence-corrected chi connectivity index (χ2v) is 6.17. The predicted octanol–water partition coefficient (Wildman–Crippen LogP) is 1.37. The van der Waals surface area contributed by atoms with Gasteiger partial charge in [-0.25, -0.2) is 14.1 Å². The number of likely N-dealkylation sites (N-methyl/N-ethyl adjacent to an activating group) is 1. The SMILES string of the molecule is CNC1CCN(c2ncc(-c3ccc(-n4cc(F)cn4)cc3O)nn2)C1. The molecule has 1 fully saturated rings. The first-order valence-electron chi connectivity index (χ1n) is 8.30. The van der Waals surface area contributed by atoms with Gasteiger partial charge < -0.3 is 15.3 Å². The van der Waals surface area contributed by atoms with Crippen LogP contribution in [0.2, 0.25) is 0 Å². The van der Waals surface area contributed by atoms with Crippen molar-refractivity contribution in [3.05, 3.63) is 42.6 Å². The summed E-state index contributed by atoms with van der Waals surface area (Å²) < 4.78 is 14.4. The average Bonchev–Trinajstić information content (AvgIpc) is 3.31. The second kappa shape index (κ2) is 6.68. The first kappa shape index (κ1) is 16.4. The van der Waals surface area contributed by atoms with E-state index < -0.39 is 5.82 Å². The molecule has 2 N–H and O–H groups in total. The minimum Gasteiger partial charge on any atom is -0.507 e. The van der Waals surface area contributed by atoms with E-state index in [0.29, 0.717) is 28.9 Å². The Morgan fingerprint density at radius 3 is 2.77 bits per heavy atom. The molecule has 0 aliphatic carbocycles. The Morgan fingerprint density at radius 2 is 2.15 bits per heavy atom. The zero-order chi connectivity index (χ0) is 18.1. The fourth-order valence-corrected chi connectivity index (χ4v) is 3.04. The molecule has 1 unspecified atom stereocenters. The van der Waals surface area contributed by atoms with Gasteiger partial charge in [-0.15, -0.1) is 10.2 Å². The number of phenols is 1. The molecule has 4 rings (SSSR count). The van der Waals surface area contributed by atoms with Crippen molar-refractivity contribution in [1.82, 2.24) is 30.3 Å². The van der Waals surface area contributed by atoms with Crippen molar-refractivity contribution in [1.29, 1.82) is 0 Å². The fraction of sp³-hybridized carbons (Fsp3) is 0.294. The molecule has 2 aromatic heterocycles. The van der Waals surface area contributed by atoms with Gasteiger partial charge in [-0.05, 0) is 25.6 Å². The van der Waals surface area contributed by atoms with E-state index in [2.05, 4.69) is 30.5 Å². The van der Waals surface area contributed by atoms with Gasteiger partial charge in [-0.3, -0.25) is 0 Å². The zero-order valence-corrected chi connectivity index (χ0v) is 14.2. The highest BCUT2D eigenvalue weighted by Gasteiger charge is 2.23. The number of aromatic nitrogens is 5. The number of aromatic hydroxyl groups is 1. The number of benzene rings is 1. The third-order valence-corrected chi connectivity index (χ3v) is 4.50. The first-order valence-corrected chi connectivity index (χ1v) is 8.30. The molecule has 3 aromatic rings. The number of hydrogen-bond acceptors (Lipinski definition) is 7. The normalized spacial score (nSPS) is 17.0. The van der Waals surface area contributed by atoms with Crippen molar-refractivity contribution in [3.63, 3.8) is 0 Å². The summed E-state index contributed by atoms with van der Waals surface area (Å²) >= 11 is 0. The Kier molecular flexibility index (Phi) is 4.21. The van der Waals surface area contributed by atoms with Crippen LogP contribution in [-0.4, -0.2) is 56.2 Å². The first-order chi connectivity index (χ1) is 12.6. The summed E-state index contributed by atoms with van der Waals surface area (Å²) in [4.78, 5) is 6.45. The fourth-order valence-electron chi connectivity index (χ4n) is 3.04. The number of anilines is 1. The number of phenolic OH excluding ortho intramolecular Hbond substituents is 1. The van der Waals surface area contributed by atoms with Crippen LogP contribution in [0.1, 0.15) is 6.42 Å². The second-order valence-electron chi connectivity index (χ2n) is 6.17. The van der Waals surface area contributed by atoms with E-state index >= 15 is 0 Å². The molecule has 134 valence electrons. The molecule has 0 radical (unpaired) electrons. The van der Waals surface area contributed by atoms with Gasteiger partial charge in [0.05, 0.1) is 24.3 Å². The Labute approximate surface area is 149 Å². The molecule has 3 heterocycles. The van der Waals surface area contributed by atoms with E-state index in [0.717, 1.165) is 25.7 Å². The van der Waals surface area contributed by atoms with Crippen LogP contribution in [0.4, 0.5) is 10.3 Å². The molecule has 0 spiro atoms. The van der Waals surface area contributed by atoms with Crippen LogP contribution in [-0.2, 0) is 0 Å². The lowest BCUT2D eigenvalue weighted by molar-refractivity contribution is 0.476. The van der Waals surface area contributed by atoms with Crippen LogP contribution in [0.5, 0.6) is 5.75 Å². The van der Waals surface area contributed by atoms with Crippen molar-refractivity contribution < 1.29 is 9.50 Å². The van der Waals surface area contributed by atoms with Crippen molar-refractivity contribution in [2.75, 3.05) is 25.0 Å². The molecule has 0 bridgehead atoms. The Balaban J connectivity index is 1.56. The van der Waals surface area contributed by atoms with Gasteiger partial charge in [-0.2, -0.15) is 5.10 Å². The monoisotopic (exact) mass is 355 g/mol. The summed E-state index contributed by atoms with van der Waals surface area (Å²) in [5.41, 5.74) is 1.51. The molecule has 9 heteroatoms. The summed E-state index contributed by atoms with van der Waals surface area (Å²) in [6, 6.07) is 5.33. The molecule has 1 aliphatic heterocycles. The van der Waals surface area contributed by atoms with E-state index in [1.165, 1.54) is 16.9 Å². The lowest BCUT2D eigenvalue weighted by Crippen LogP contribution is -2.30. The number of rotatable bonds is 4. The van der Waals surface area contributed by atoms with Gasteiger partial charge in [0.25, 0.3) is 0 Å². The lowest BCUT2D eigenvalue weighted by Gasteiger charge is -2.15. The van der Waals surface area contributed by atoms with Crippen LogP contribution in [0, 0.1) is 5.82 Å². The number of nitrogens with zero attached hydrogens (tertiary/aromatic N) is 6. The largest absolute Gasteiger partial charge is 0.507 e. The summed E-state index contributed by atoms with van der Waals surface area (Å²) in [5, 5.41) is 25.8. The van der Waals surface area contributed by atoms with Gasteiger partial charge in [-0.1, -0.05) is 0 Å². The Hall–Kier alpha value is -3.07. The molecule has 1 saturated heterocycles. The lowest BCUT2D eigenvalue weighted by atomic mass is 10.1. The minimum absolute atomic E-state index is 0.00122. The molecule has 1 aliphatic rings. The molecular weight excluding hydrogens is 337 g/mol. The molecule has 1 aromatic carbocycles. The molecule has 26 heavy (non-hydrogen) atoms. The molecule has 0 saturated carbocycles. The third kappa shape index (κ3) is 3.08. The van der Waals surface area contributed by atoms with Crippen LogP contribution in [0.25, 0.3) is 16.9 Å². The predicted molar refractivity (Wildman–Crippen MR) is 93.7 cm³/mol. The van der Waals surface area contributed by atoms with E-state index in [1.54, 1.807) is 18.3 Å². The van der Waals surface area contributed by atoms with Crippen molar-refractivity contribution in [2.24, 2.45) is 0 Å². The quantitative estimate of drug-likeness (QED) is 0.730. The van der Waals surface area contributed by atoms with Crippen molar-refractivity contribution in [2.45, 2.75) is 12.5 Å². The minimum atomic E-state index is -0.443. The molecule has 1 atom stereocenters. The molecule has 8 nitrogen and oxygen atoms in total. The van der Waals surface area contributed by atoms with Crippen molar-refractivity contribution >= 4 is 5.95 Å². The van der Waals surface area contributed by atoms with Crippen LogP contribution in [0.15, 0.2) is 36.8 Å². The molecule has 0 amide bonds. The summed E-state index contributed by atoms with van der Waals surface area (Å²) in [6.45, 7) is 1.73. The van der Waals surface area contributed by atoms with Crippen LogP contribution in [0.3, 0.4) is 0 Å².